The van der Waals surface area contributed by atoms with E-state index in [1.165, 1.54) is 11.1 Å². The van der Waals surface area contributed by atoms with Crippen LogP contribution in [0.25, 0.3) is 0 Å². The van der Waals surface area contributed by atoms with Gasteiger partial charge in [0.25, 0.3) is 0 Å². The Morgan fingerprint density at radius 2 is 2.13 bits per heavy atom. The first kappa shape index (κ1) is 12.5. The molecule has 0 aliphatic heterocycles. The summed E-state index contributed by atoms with van der Waals surface area (Å²) < 4.78 is 6.73. The molecule has 3 heteroatoms. The summed E-state index contributed by atoms with van der Waals surface area (Å²) in [7, 11) is 0. The van der Waals surface area contributed by atoms with Crippen molar-refractivity contribution in [3.8, 4) is 5.75 Å². The molecule has 0 amide bonds. The monoisotopic (exact) mass is 271 g/mol. The van der Waals surface area contributed by atoms with Gasteiger partial charge in [0.2, 0.25) is 0 Å². The number of hydrogen-bond donors (Lipinski definition) is 1. The maximum Gasteiger partial charge on any atom is 0.123 e. The average molecular weight is 272 g/mol. The molecule has 1 aromatic carbocycles. The SMILES string of the molecule is CCOc1cc(C)c(Br)cc1C(C)CN. The van der Waals surface area contributed by atoms with Crippen molar-refractivity contribution < 1.29 is 4.74 Å². The van der Waals surface area contributed by atoms with Gasteiger partial charge in [0.05, 0.1) is 6.61 Å². The second-order valence-electron chi connectivity index (χ2n) is 3.71. The van der Waals surface area contributed by atoms with Crippen LogP contribution in [0.3, 0.4) is 0 Å². The van der Waals surface area contributed by atoms with Gasteiger partial charge in [-0.05, 0) is 49.6 Å². The van der Waals surface area contributed by atoms with Crippen molar-refractivity contribution in [1.29, 1.82) is 0 Å². The number of ether oxygens (including phenoxy) is 1. The lowest BCUT2D eigenvalue weighted by atomic mass is 9.99. The van der Waals surface area contributed by atoms with E-state index in [0.717, 1.165) is 10.2 Å². The highest BCUT2D eigenvalue weighted by Gasteiger charge is 2.12. The van der Waals surface area contributed by atoms with Gasteiger partial charge >= 0.3 is 0 Å². The molecule has 0 bridgehead atoms. The molecule has 1 unspecified atom stereocenters. The van der Waals surface area contributed by atoms with Crippen LogP contribution in [0.2, 0.25) is 0 Å². The van der Waals surface area contributed by atoms with Crippen molar-refractivity contribution in [2.75, 3.05) is 13.2 Å². The highest BCUT2D eigenvalue weighted by molar-refractivity contribution is 9.10. The number of nitrogens with two attached hydrogens (primary N) is 1. The summed E-state index contributed by atoms with van der Waals surface area (Å²) in [5.74, 6) is 1.28. The van der Waals surface area contributed by atoms with Crippen LogP contribution in [0.5, 0.6) is 5.75 Å². The molecular formula is C12H18BrNO. The number of aryl methyl sites for hydroxylation is 1. The zero-order valence-electron chi connectivity index (χ0n) is 9.51. The second kappa shape index (κ2) is 5.52. The third kappa shape index (κ3) is 2.95. The Bertz CT molecular complexity index is 339. The van der Waals surface area contributed by atoms with Gasteiger partial charge in [0.1, 0.15) is 5.75 Å². The molecule has 1 rings (SSSR count). The van der Waals surface area contributed by atoms with Crippen LogP contribution in [0.15, 0.2) is 16.6 Å². The van der Waals surface area contributed by atoms with Crippen molar-refractivity contribution in [3.63, 3.8) is 0 Å². The fraction of sp³-hybridized carbons (Fsp3) is 0.500. The first-order valence-corrected chi connectivity index (χ1v) is 6.02. The van der Waals surface area contributed by atoms with Crippen molar-refractivity contribution in [1.82, 2.24) is 0 Å². The maximum absolute atomic E-state index is 5.69. The van der Waals surface area contributed by atoms with Crippen molar-refractivity contribution in [2.45, 2.75) is 26.7 Å². The lowest BCUT2D eigenvalue weighted by Crippen LogP contribution is -2.11. The molecule has 0 saturated carbocycles. The maximum atomic E-state index is 5.69. The molecule has 0 radical (unpaired) electrons. The summed E-state index contributed by atoms with van der Waals surface area (Å²) in [5, 5.41) is 0. The van der Waals surface area contributed by atoms with Crippen LogP contribution in [-0.4, -0.2) is 13.2 Å². The van der Waals surface area contributed by atoms with Crippen LogP contribution < -0.4 is 10.5 Å². The van der Waals surface area contributed by atoms with Crippen molar-refractivity contribution >= 4 is 15.9 Å². The Labute approximate surface area is 99.9 Å². The minimum atomic E-state index is 0.323. The average Bonchev–Trinajstić information content (AvgIpc) is 2.22. The van der Waals surface area contributed by atoms with Gasteiger partial charge in [-0.1, -0.05) is 22.9 Å². The fourth-order valence-corrected chi connectivity index (χ4v) is 1.82. The van der Waals surface area contributed by atoms with E-state index >= 15 is 0 Å². The summed E-state index contributed by atoms with van der Waals surface area (Å²) in [6.07, 6.45) is 0. The number of hydrogen-bond acceptors (Lipinski definition) is 2. The van der Waals surface area contributed by atoms with Crippen LogP contribution in [0.1, 0.15) is 30.9 Å². The highest BCUT2D eigenvalue weighted by atomic mass is 79.9. The predicted octanol–water partition coefficient (Wildman–Crippen LogP) is 3.22. The third-order valence-corrected chi connectivity index (χ3v) is 3.33. The third-order valence-electron chi connectivity index (χ3n) is 2.48. The van der Waals surface area contributed by atoms with Crippen LogP contribution in [0, 0.1) is 6.92 Å². The molecule has 0 heterocycles. The lowest BCUT2D eigenvalue weighted by Gasteiger charge is -2.16. The molecule has 0 aromatic heterocycles. The van der Waals surface area contributed by atoms with Gasteiger partial charge in [-0.2, -0.15) is 0 Å². The summed E-state index contributed by atoms with van der Waals surface area (Å²) in [6.45, 7) is 7.48. The zero-order chi connectivity index (χ0) is 11.4. The molecule has 0 spiro atoms. The van der Waals surface area contributed by atoms with E-state index in [9.17, 15) is 0 Å². The Hall–Kier alpha value is -0.540. The minimum Gasteiger partial charge on any atom is -0.494 e. The Balaban J connectivity index is 3.15. The summed E-state index contributed by atoms with van der Waals surface area (Å²) >= 11 is 3.53. The van der Waals surface area contributed by atoms with Gasteiger partial charge < -0.3 is 10.5 Å². The Kier molecular flexibility index (Phi) is 4.61. The van der Waals surface area contributed by atoms with Crippen molar-refractivity contribution in [2.24, 2.45) is 5.73 Å². The summed E-state index contributed by atoms with van der Waals surface area (Å²) in [4.78, 5) is 0. The largest absolute Gasteiger partial charge is 0.494 e. The number of rotatable bonds is 4. The zero-order valence-corrected chi connectivity index (χ0v) is 11.1. The van der Waals surface area contributed by atoms with E-state index < -0.39 is 0 Å². The highest BCUT2D eigenvalue weighted by Crippen LogP contribution is 2.31. The molecule has 2 nitrogen and oxygen atoms in total. The molecule has 1 aromatic rings. The fourth-order valence-electron chi connectivity index (χ4n) is 1.46. The van der Waals surface area contributed by atoms with Crippen LogP contribution >= 0.6 is 15.9 Å². The van der Waals surface area contributed by atoms with Gasteiger partial charge in [-0.15, -0.1) is 0 Å². The molecule has 0 aliphatic rings. The Morgan fingerprint density at radius 1 is 1.47 bits per heavy atom. The quantitative estimate of drug-likeness (QED) is 0.913. The smallest absolute Gasteiger partial charge is 0.123 e. The van der Waals surface area contributed by atoms with Gasteiger partial charge in [-0.25, -0.2) is 0 Å². The normalized spacial score (nSPS) is 12.6. The van der Waals surface area contributed by atoms with Gasteiger partial charge in [0, 0.05) is 4.47 Å². The Morgan fingerprint density at radius 3 is 2.67 bits per heavy atom. The minimum absolute atomic E-state index is 0.323. The topological polar surface area (TPSA) is 35.2 Å². The van der Waals surface area contributed by atoms with E-state index in [2.05, 4.69) is 41.9 Å². The lowest BCUT2D eigenvalue weighted by molar-refractivity contribution is 0.334. The first-order chi connectivity index (χ1) is 7.10. The van der Waals surface area contributed by atoms with E-state index in [0.29, 0.717) is 19.1 Å². The van der Waals surface area contributed by atoms with Gasteiger partial charge in [0.15, 0.2) is 0 Å². The molecule has 84 valence electrons. The standard InChI is InChI=1S/C12H18BrNO/c1-4-15-12-5-8(2)11(13)6-10(12)9(3)7-14/h5-6,9H,4,7,14H2,1-3H3. The number of benzene rings is 1. The molecule has 0 fully saturated rings. The molecule has 2 N–H and O–H groups in total. The summed E-state index contributed by atoms with van der Waals surface area (Å²) in [6, 6.07) is 4.17. The van der Waals surface area contributed by atoms with E-state index in [1.807, 2.05) is 6.92 Å². The molecular weight excluding hydrogens is 254 g/mol. The van der Waals surface area contributed by atoms with E-state index in [1.54, 1.807) is 0 Å². The molecule has 1 atom stereocenters. The predicted molar refractivity (Wildman–Crippen MR) is 67.5 cm³/mol. The van der Waals surface area contributed by atoms with Gasteiger partial charge in [-0.3, -0.25) is 0 Å². The molecule has 0 saturated heterocycles. The van der Waals surface area contributed by atoms with E-state index in [-0.39, 0.29) is 0 Å². The first-order valence-electron chi connectivity index (χ1n) is 5.23. The summed E-state index contributed by atoms with van der Waals surface area (Å²) in [5.41, 5.74) is 8.05. The second-order valence-corrected chi connectivity index (χ2v) is 4.56. The van der Waals surface area contributed by atoms with E-state index in [4.69, 9.17) is 10.5 Å². The molecule has 0 aliphatic carbocycles. The van der Waals surface area contributed by atoms with Crippen LogP contribution in [0.4, 0.5) is 0 Å². The van der Waals surface area contributed by atoms with Crippen molar-refractivity contribution in [3.05, 3.63) is 27.7 Å². The number of halogens is 1. The van der Waals surface area contributed by atoms with Crippen LogP contribution in [-0.2, 0) is 0 Å². The molecule has 15 heavy (non-hydrogen) atoms.